The largest absolute Gasteiger partial charge is 0.372 e. The van der Waals surface area contributed by atoms with Gasteiger partial charge < -0.3 is 15.5 Å². The zero-order valence-corrected chi connectivity index (χ0v) is 17.1. The molecule has 146 valence electrons. The lowest BCUT2D eigenvalue weighted by Crippen LogP contribution is -2.21. The molecular weight excluding hydrogens is 346 g/mol. The van der Waals surface area contributed by atoms with Gasteiger partial charge in [-0.1, -0.05) is 26.0 Å². The van der Waals surface area contributed by atoms with Crippen molar-refractivity contribution in [3.63, 3.8) is 0 Å². The fraction of sp³-hybridized carbons (Fsp3) is 0.304. The summed E-state index contributed by atoms with van der Waals surface area (Å²) < 4.78 is 0. The number of hydrogen-bond donors (Lipinski definition) is 2. The molecule has 28 heavy (non-hydrogen) atoms. The second kappa shape index (κ2) is 9.22. The standard InChI is InChI=1S/C23H29N5/c1-5-28(6-2)21-13-11-20(12-14-21)26-23-24-16-15-22(27-23)25-19-9-7-18(8-10-19)17(3)4/h7-17H,5-6H2,1-4H3,(H2,24,25,26,27). The van der Waals surface area contributed by atoms with Gasteiger partial charge in [0, 0.05) is 36.3 Å². The molecule has 2 aromatic carbocycles. The zero-order chi connectivity index (χ0) is 19.9. The van der Waals surface area contributed by atoms with E-state index in [1.54, 1.807) is 6.20 Å². The van der Waals surface area contributed by atoms with Crippen molar-refractivity contribution >= 4 is 28.8 Å². The molecule has 3 rings (SSSR count). The van der Waals surface area contributed by atoms with E-state index in [-0.39, 0.29) is 0 Å². The lowest BCUT2D eigenvalue weighted by molar-refractivity contribution is 0.866. The predicted octanol–water partition coefficient (Wildman–Crippen LogP) is 5.93. The van der Waals surface area contributed by atoms with Gasteiger partial charge in [0.25, 0.3) is 0 Å². The molecule has 0 atom stereocenters. The fourth-order valence-electron chi connectivity index (χ4n) is 3.06. The lowest BCUT2D eigenvalue weighted by atomic mass is 10.0. The predicted molar refractivity (Wildman–Crippen MR) is 119 cm³/mol. The quantitative estimate of drug-likeness (QED) is 0.511. The third-order valence-electron chi connectivity index (χ3n) is 4.76. The molecule has 0 spiro atoms. The molecule has 0 saturated heterocycles. The molecule has 0 bridgehead atoms. The second-order valence-electron chi connectivity index (χ2n) is 7.01. The van der Waals surface area contributed by atoms with Gasteiger partial charge in [0.1, 0.15) is 5.82 Å². The van der Waals surface area contributed by atoms with E-state index in [2.05, 4.69) is 102 Å². The summed E-state index contributed by atoms with van der Waals surface area (Å²) in [7, 11) is 0. The monoisotopic (exact) mass is 375 g/mol. The summed E-state index contributed by atoms with van der Waals surface area (Å²) in [4.78, 5) is 11.2. The average molecular weight is 376 g/mol. The smallest absolute Gasteiger partial charge is 0.229 e. The number of aromatic nitrogens is 2. The van der Waals surface area contributed by atoms with E-state index in [0.29, 0.717) is 11.9 Å². The van der Waals surface area contributed by atoms with E-state index in [0.717, 1.165) is 30.3 Å². The van der Waals surface area contributed by atoms with Crippen molar-refractivity contribution < 1.29 is 0 Å². The number of anilines is 5. The molecular formula is C23H29N5. The van der Waals surface area contributed by atoms with Gasteiger partial charge in [-0.25, -0.2) is 4.98 Å². The summed E-state index contributed by atoms with van der Waals surface area (Å²) in [5.74, 6) is 1.85. The minimum atomic E-state index is 0.525. The van der Waals surface area contributed by atoms with Crippen LogP contribution in [0, 0.1) is 0 Å². The Morgan fingerprint density at radius 3 is 2.04 bits per heavy atom. The highest BCUT2D eigenvalue weighted by molar-refractivity contribution is 5.62. The van der Waals surface area contributed by atoms with Crippen molar-refractivity contribution in [2.75, 3.05) is 28.6 Å². The van der Waals surface area contributed by atoms with Gasteiger partial charge in [0.15, 0.2) is 0 Å². The average Bonchev–Trinajstić information content (AvgIpc) is 2.71. The van der Waals surface area contributed by atoms with E-state index in [1.165, 1.54) is 11.3 Å². The molecule has 0 amide bonds. The Hall–Kier alpha value is -3.08. The number of benzene rings is 2. The Kier molecular flexibility index (Phi) is 6.48. The maximum absolute atomic E-state index is 4.57. The second-order valence-corrected chi connectivity index (χ2v) is 7.01. The molecule has 5 nitrogen and oxygen atoms in total. The van der Waals surface area contributed by atoms with Crippen LogP contribution < -0.4 is 15.5 Å². The minimum Gasteiger partial charge on any atom is -0.372 e. The van der Waals surface area contributed by atoms with Crippen molar-refractivity contribution in [2.24, 2.45) is 0 Å². The Morgan fingerprint density at radius 1 is 0.821 bits per heavy atom. The first-order chi connectivity index (χ1) is 13.6. The molecule has 0 aliphatic heterocycles. The van der Waals surface area contributed by atoms with Crippen molar-refractivity contribution in [1.82, 2.24) is 9.97 Å². The Labute approximate surface area is 167 Å². The van der Waals surface area contributed by atoms with Crippen LogP contribution >= 0.6 is 0 Å². The Morgan fingerprint density at radius 2 is 1.43 bits per heavy atom. The normalized spacial score (nSPS) is 10.8. The van der Waals surface area contributed by atoms with Crippen LogP contribution in [0.2, 0.25) is 0 Å². The van der Waals surface area contributed by atoms with Crippen LogP contribution in [0.4, 0.5) is 28.8 Å². The molecule has 0 aliphatic rings. The summed E-state index contributed by atoms with van der Waals surface area (Å²) in [6, 6.07) is 18.7. The molecule has 1 aromatic heterocycles. The summed E-state index contributed by atoms with van der Waals surface area (Å²) in [6.07, 6.45) is 1.75. The van der Waals surface area contributed by atoms with Gasteiger partial charge in [0.2, 0.25) is 5.95 Å². The SMILES string of the molecule is CCN(CC)c1ccc(Nc2nccc(Nc3ccc(C(C)C)cc3)n2)cc1. The van der Waals surface area contributed by atoms with Gasteiger partial charge in [-0.05, 0) is 67.8 Å². The highest BCUT2D eigenvalue weighted by atomic mass is 15.1. The molecule has 0 radical (unpaired) electrons. The number of rotatable bonds is 8. The number of hydrogen-bond acceptors (Lipinski definition) is 5. The third-order valence-corrected chi connectivity index (χ3v) is 4.76. The number of nitrogens with zero attached hydrogens (tertiary/aromatic N) is 3. The first kappa shape index (κ1) is 19.7. The summed E-state index contributed by atoms with van der Waals surface area (Å²) >= 11 is 0. The van der Waals surface area contributed by atoms with Crippen molar-refractivity contribution in [2.45, 2.75) is 33.6 Å². The van der Waals surface area contributed by atoms with Crippen LogP contribution in [0.15, 0.2) is 60.8 Å². The first-order valence-electron chi connectivity index (χ1n) is 9.91. The van der Waals surface area contributed by atoms with Crippen LogP contribution in [0.5, 0.6) is 0 Å². The van der Waals surface area contributed by atoms with Gasteiger partial charge in [-0.2, -0.15) is 4.98 Å². The third kappa shape index (κ3) is 5.00. The lowest BCUT2D eigenvalue weighted by Gasteiger charge is -2.21. The van der Waals surface area contributed by atoms with Crippen molar-refractivity contribution in [1.29, 1.82) is 0 Å². The molecule has 0 fully saturated rings. The van der Waals surface area contributed by atoms with E-state index in [9.17, 15) is 0 Å². The summed E-state index contributed by atoms with van der Waals surface area (Å²) in [5.41, 5.74) is 4.52. The molecule has 0 aliphatic carbocycles. The van der Waals surface area contributed by atoms with Crippen LogP contribution in [0.25, 0.3) is 0 Å². The van der Waals surface area contributed by atoms with E-state index in [1.807, 2.05) is 6.07 Å². The highest BCUT2D eigenvalue weighted by Crippen LogP contribution is 2.22. The van der Waals surface area contributed by atoms with Gasteiger partial charge in [-0.3, -0.25) is 0 Å². The van der Waals surface area contributed by atoms with Crippen LogP contribution in [0.3, 0.4) is 0 Å². The fourth-order valence-corrected chi connectivity index (χ4v) is 3.06. The van der Waals surface area contributed by atoms with E-state index >= 15 is 0 Å². The Balaban J connectivity index is 1.67. The van der Waals surface area contributed by atoms with Gasteiger partial charge in [-0.15, -0.1) is 0 Å². The topological polar surface area (TPSA) is 53.1 Å². The molecule has 0 unspecified atom stereocenters. The molecule has 5 heteroatoms. The Bertz CT molecular complexity index is 868. The molecule has 3 aromatic rings. The van der Waals surface area contributed by atoms with Crippen molar-refractivity contribution in [3.8, 4) is 0 Å². The highest BCUT2D eigenvalue weighted by Gasteiger charge is 2.04. The first-order valence-corrected chi connectivity index (χ1v) is 9.91. The number of nitrogens with one attached hydrogen (secondary N) is 2. The van der Waals surface area contributed by atoms with E-state index in [4.69, 9.17) is 0 Å². The minimum absolute atomic E-state index is 0.525. The molecule has 2 N–H and O–H groups in total. The van der Waals surface area contributed by atoms with Crippen molar-refractivity contribution in [3.05, 3.63) is 66.4 Å². The maximum Gasteiger partial charge on any atom is 0.229 e. The summed E-state index contributed by atoms with van der Waals surface area (Å²) in [6.45, 7) is 10.7. The molecule has 0 saturated carbocycles. The molecule has 1 heterocycles. The van der Waals surface area contributed by atoms with Crippen LogP contribution in [-0.4, -0.2) is 23.1 Å². The van der Waals surface area contributed by atoms with E-state index < -0.39 is 0 Å². The van der Waals surface area contributed by atoms with Gasteiger partial charge in [0.05, 0.1) is 0 Å². The van der Waals surface area contributed by atoms with Crippen LogP contribution in [-0.2, 0) is 0 Å². The van der Waals surface area contributed by atoms with Gasteiger partial charge >= 0.3 is 0 Å². The van der Waals surface area contributed by atoms with Crippen LogP contribution in [0.1, 0.15) is 39.2 Å². The summed E-state index contributed by atoms with van der Waals surface area (Å²) in [5, 5.41) is 6.61. The zero-order valence-electron chi connectivity index (χ0n) is 17.1. The maximum atomic E-state index is 4.57.